The fourth-order valence-electron chi connectivity index (χ4n) is 5.05. The summed E-state index contributed by atoms with van der Waals surface area (Å²) in [6.45, 7) is 11.8. The molecule has 0 bridgehead atoms. The van der Waals surface area contributed by atoms with E-state index in [2.05, 4.69) is 41.0 Å². The van der Waals surface area contributed by atoms with E-state index in [0.717, 1.165) is 62.5 Å². The van der Waals surface area contributed by atoms with Gasteiger partial charge in [0.2, 0.25) is 5.88 Å². The largest absolute Gasteiger partial charge is 0.477 e. The number of anilines is 1. The zero-order valence-electron chi connectivity index (χ0n) is 20.9. The molecule has 1 aromatic carbocycles. The second-order valence-corrected chi connectivity index (χ2v) is 10.4. The Bertz CT molecular complexity index is 1140. The van der Waals surface area contributed by atoms with Crippen LogP contribution < -0.4 is 15.0 Å². The van der Waals surface area contributed by atoms with E-state index < -0.39 is 0 Å². The Morgan fingerprint density at radius 2 is 2.03 bits per heavy atom. The van der Waals surface area contributed by atoms with Crippen molar-refractivity contribution in [3.05, 3.63) is 47.9 Å². The minimum absolute atomic E-state index is 0.262. The van der Waals surface area contributed by atoms with Crippen LogP contribution in [-0.4, -0.2) is 59.9 Å². The Kier molecular flexibility index (Phi) is 7.20. The quantitative estimate of drug-likeness (QED) is 0.509. The molecule has 8 heteroatoms. The Balaban J connectivity index is 1.12. The van der Waals surface area contributed by atoms with Gasteiger partial charge in [-0.2, -0.15) is 0 Å². The number of halogens is 1. The van der Waals surface area contributed by atoms with Crippen LogP contribution in [0.4, 0.5) is 10.2 Å². The molecule has 1 N–H and O–H groups in total. The van der Waals surface area contributed by atoms with E-state index in [1.54, 1.807) is 6.07 Å². The number of rotatable bonds is 8. The van der Waals surface area contributed by atoms with Gasteiger partial charge < -0.3 is 19.5 Å². The lowest BCUT2D eigenvalue weighted by atomic mass is 9.91. The molecule has 0 amide bonds. The number of fused-ring (bicyclic) bond motifs is 2. The van der Waals surface area contributed by atoms with E-state index >= 15 is 0 Å². The van der Waals surface area contributed by atoms with Crippen molar-refractivity contribution in [1.29, 1.82) is 0 Å². The molecule has 0 saturated carbocycles. The fourth-order valence-corrected chi connectivity index (χ4v) is 5.05. The number of aromatic nitrogens is 2. The van der Waals surface area contributed by atoms with Crippen LogP contribution in [-0.2, 0) is 6.54 Å². The highest BCUT2D eigenvalue weighted by Gasteiger charge is 2.34. The molecule has 5 rings (SSSR count). The first kappa shape index (κ1) is 24.0. The summed E-state index contributed by atoms with van der Waals surface area (Å²) >= 11 is 0. The van der Waals surface area contributed by atoms with Crippen molar-refractivity contribution in [2.24, 2.45) is 11.8 Å². The number of piperidine rings is 1. The summed E-state index contributed by atoms with van der Waals surface area (Å²) in [6.07, 6.45) is 2.23. The van der Waals surface area contributed by atoms with E-state index in [-0.39, 0.29) is 5.82 Å². The summed E-state index contributed by atoms with van der Waals surface area (Å²) in [5, 5.41) is 8.53. The second kappa shape index (κ2) is 10.5. The van der Waals surface area contributed by atoms with Gasteiger partial charge in [-0.15, -0.1) is 0 Å². The molecule has 2 aliphatic rings. The summed E-state index contributed by atoms with van der Waals surface area (Å²) in [5.74, 6) is 2.28. The lowest BCUT2D eigenvalue weighted by molar-refractivity contribution is 0.0716. The highest BCUT2D eigenvalue weighted by molar-refractivity contribution is 5.88. The third-order valence-corrected chi connectivity index (χ3v) is 7.57. The van der Waals surface area contributed by atoms with Gasteiger partial charge in [-0.05, 0) is 49.9 Å². The van der Waals surface area contributed by atoms with E-state index in [9.17, 15) is 4.39 Å². The Morgan fingerprint density at radius 3 is 2.89 bits per heavy atom. The van der Waals surface area contributed by atoms with Gasteiger partial charge in [0.15, 0.2) is 11.4 Å². The number of benzene rings is 1. The van der Waals surface area contributed by atoms with Crippen LogP contribution in [0.15, 0.2) is 40.9 Å². The van der Waals surface area contributed by atoms with Gasteiger partial charge in [-0.1, -0.05) is 25.1 Å². The predicted molar refractivity (Wildman–Crippen MR) is 135 cm³/mol. The monoisotopic (exact) mass is 481 g/mol. The van der Waals surface area contributed by atoms with Crippen molar-refractivity contribution >= 4 is 16.8 Å². The second-order valence-electron chi connectivity index (χ2n) is 10.4. The van der Waals surface area contributed by atoms with E-state index in [1.165, 1.54) is 12.1 Å². The normalized spacial score (nSPS) is 21.9. The summed E-state index contributed by atoms with van der Waals surface area (Å²) in [6, 6.07) is 11.5. The van der Waals surface area contributed by atoms with Crippen molar-refractivity contribution in [1.82, 2.24) is 20.4 Å². The van der Waals surface area contributed by atoms with Crippen LogP contribution in [0.2, 0.25) is 0 Å². The van der Waals surface area contributed by atoms with Gasteiger partial charge >= 0.3 is 0 Å². The van der Waals surface area contributed by atoms with Gasteiger partial charge in [-0.3, -0.25) is 4.90 Å². The minimum atomic E-state index is -0.262. The number of nitrogens with one attached hydrogen (secondary N) is 1. The molecule has 2 fully saturated rings. The van der Waals surface area contributed by atoms with Crippen molar-refractivity contribution < 1.29 is 13.7 Å². The Hall–Kier alpha value is -2.71. The topological polar surface area (TPSA) is 66.7 Å². The number of pyridine rings is 1. The highest BCUT2D eigenvalue weighted by atomic mass is 19.1. The molecule has 7 nitrogen and oxygen atoms in total. The van der Waals surface area contributed by atoms with Crippen LogP contribution in [0.3, 0.4) is 0 Å². The maximum atomic E-state index is 13.8. The smallest absolute Gasteiger partial charge is 0.213 e. The predicted octanol–water partition coefficient (Wildman–Crippen LogP) is 4.48. The molecule has 3 aromatic rings. The summed E-state index contributed by atoms with van der Waals surface area (Å²) < 4.78 is 25.3. The maximum Gasteiger partial charge on any atom is 0.213 e. The minimum Gasteiger partial charge on any atom is -0.477 e. The summed E-state index contributed by atoms with van der Waals surface area (Å²) in [7, 11) is 0. The van der Waals surface area contributed by atoms with Gasteiger partial charge in [0.25, 0.3) is 0 Å². The number of hydrogen-bond donors (Lipinski definition) is 1. The molecule has 0 spiro atoms. The van der Waals surface area contributed by atoms with Crippen molar-refractivity contribution in [3.63, 3.8) is 0 Å². The molecule has 1 unspecified atom stereocenters. The number of ether oxygens (including phenoxy) is 1. The molecule has 2 saturated heterocycles. The third kappa shape index (κ3) is 5.59. The maximum absolute atomic E-state index is 13.8. The summed E-state index contributed by atoms with van der Waals surface area (Å²) in [5.41, 5.74) is 1.64. The average Bonchev–Trinajstić information content (AvgIpc) is 3.28. The molecule has 3 atom stereocenters. The Labute approximate surface area is 206 Å². The third-order valence-electron chi connectivity index (χ3n) is 7.57. The molecule has 0 aliphatic carbocycles. The SMILES string of the molecule is CC(C)C(C)NCc1cccc(OC[C@@H]2CC[C@H]3CN(c4noc5ccc(F)cc45)CCN3C2)n1. The molecule has 4 heterocycles. The van der Waals surface area contributed by atoms with Crippen molar-refractivity contribution in [2.75, 3.05) is 37.7 Å². The highest BCUT2D eigenvalue weighted by Crippen LogP contribution is 2.31. The fraction of sp³-hybridized carbons (Fsp3) is 0.556. The standard InChI is InChI=1S/C27H36FN5O2/c1-18(2)19(3)29-14-22-5-4-6-26(30-22)34-17-20-7-9-23-16-33(12-11-32(23)15-20)27-24-13-21(28)8-10-25(24)35-31-27/h4-6,8,10,13,18-20,23,29H,7,9,11-12,14-17H2,1-3H3/t19?,20-,23+/m1/s1. The molecule has 35 heavy (non-hydrogen) atoms. The number of hydrogen-bond acceptors (Lipinski definition) is 7. The molecule has 2 aliphatic heterocycles. The van der Waals surface area contributed by atoms with Crippen LogP contribution in [0.1, 0.15) is 39.3 Å². The van der Waals surface area contributed by atoms with Crippen molar-refractivity contribution in [2.45, 2.75) is 52.2 Å². The molecular formula is C27H36FN5O2. The first-order valence-electron chi connectivity index (χ1n) is 12.8. The van der Waals surface area contributed by atoms with Crippen LogP contribution in [0.5, 0.6) is 5.88 Å². The lowest BCUT2D eigenvalue weighted by Gasteiger charge is -2.46. The zero-order chi connectivity index (χ0) is 24.4. The number of piperazine rings is 1. The first-order valence-corrected chi connectivity index (χ1v) is 12.8. The van der Waals surface area contributed by atoms with E-state index in [0.29, 0.717) is 42.0 Å². The van der Waals surface area contributed by atoms with Gasteiger partial charge in [0.1, 0.15) is 5.82 Å². The molecule has 188 valence electrons. The van der Waals surface area contributed by atoms with Gasteiger partial charge in [-0.25, -0.2) is 9.37 Å². The lowest BCUT2D eigenvalue weighted by Crippen LogP contribution is -2.57. The van der Waals surface area contributed by atoms with Gasteiger partial charge in [0, 0.05) is 56.8 Å². The number of nitrogens with zero attached hydrogens (tertiary/aromatic N) is 4. The summed E-state index contributed by atoms with van der Waals surface area (Å²) in [4.78, 5) is 9.50. The van der Waals surface area contributed by atoms with E-state index in [1.807, 2.05) is 18.2 Å². The molecular weight excluding hydrogens is 445 g/mol. The molecule has 0 radical (unpaired) electrons. The van der Waals surface area contributed by atoms with Gasteiger partial charge in [0.05, 0.1) is 17.7 Å². The van der Waals surface area contributed by atoms with Crippen LogP contribution in [0.25, 0.3) is 11.0 Å². The average molecular weight is 482 g/mol. The molecule has 2 aromatic heterocycles. The zero-order valence-corrected chi connectivity index (χ0v) is 20.9. The van der Waals surface area contributed by atoms with Crippen LogP contribution in [0, 0.1) is 17.7 Å². The first-order chi connectivity index (χ1) is 17.0. The van der Waals surface area contributed by atoms with Crippen molar-refractivity contribution in [3.8, 4) is 5.88 Å². The Morgan fingerprint density at radius 1 is 1.14 bits per heavy atom. The van der Waals surface area contributed by atoms with Crippen LogP contribution >= 0.6 is 0 Å². The van der Waals surface area contributed by atoms with E-state index in [4.69, 9.17) is 14.2 Å².